The Morgan fingerprint density at radius 2 is 1.92 bits per heavy atom. The summed E-state index contributed by atoms with van der Waals surface area (Å²) >= 11 is 6.06. The first kappa shape index (κ1) is 17.9. The van der Waals surface area contributed by atoms with Crippen LogP contribution in [0.5, 0.6) is 0 Å². The van der Waals surface area contributed by atoms with Gasteiger partial charge in [-0.25, -0.2) is 8.42 Å². The van der Waals surface area contributed by atoms with Crippen LogP contribution in [-0.4, -0.2) is 27.4 Å². The zero-order chi connectivity index (χ0) is 18.2. The molecule has 0 heterocycles. The van der Waals surface area contributed by atoms with E-state index in [4.69, 9.17) is 16.3 Å². The maximum Gasteiger partial charge on any atom is 0.183 e. The number of nitrogens with zero attached hydrogens (tertiary/aromatic N) is 1. The number of hydrogen-bond acceptors (Lipinski definition) is 4. The summed E-state index contributed by atoms with van der Waals surface area (Å²) in [5, 5.41) is 9.44. The Morgan fingerprint density at radius 3 is 2.48 bits per heavy atom. The molecular formula is C19H18ClNO3S. The molecule has 0 spiro atoms. The summed E-state index contributed by atoms with van der Waals surface area (Å²) in [6.45, 7) is 1.95. The van der Waals surface area contributed by atoms with Crippen molar-refractivity contribution in [3.63, 3.8) is 0 Å². The highest BCUT2D eigenvalue weighted by Crippen LogP contribution is 2.64. The van der Waals surface area contributed by atoms with Gasteiger partial charge in [-0.2, -0.15) is 5.26 Å². The van der Waals surface area contributed by atoms with Crippen LogP contribution in [0.1, 0.15) is 17.0 Å². The summed E-state index contributed by atoms with van der Waals surface area (Å²) in [5.41, 5.74) is 0.611. The van der Waals surface area contributed by atoms with E-state index in [-0.39, 0.29) is 11.5 Å². The van der Waals surface area contributed by atoms with Gasteiger partial charge in [0.15, 0.2) is 9.84 Å². The lowest BCUT2D eigenvalue weighted by molar-refractivity contribution is 0.162. The molecule has 25 heavy (non-hydrogen) atoms. The summed E-state index contributed by atoms with van der Waals surface area (Å²) < 4.78 is 31.6. The monoisotopic (exact) mass is 375 g/mol. The number of hydrogen-bond donors (Lipinski definition) is 0. The first-order chi connectivity index (χ1) is 11.9. The highest BCUT2D eigenvalue weighted by Gasteiger charge is 2.72. The maximum atomic E-state index is 13.2. The van der Waals surface area contributed by atoms with Gasteiger partial charge in [0.1, 0.15) is 5.41 Å². The van der Waals surface area contributed by atoms with E-state index < -0.39 is 26.4 Å². The molecule has 0 amide bonds. The molecule has 1 fully saturated rings. The molecule has 6 heteroatoms. The fourth-order valence-corrected chi connectivity index (χ4v) is 5.99. The van der Waals surface area contributed by atoms with Crippen molar-refractivity contribution in [3.8, 4) is 6.07 Å². The number of halogens is 1. The smallest absolute Gasteiger partial charge is 0.183 e. The van der Waals surface area contributed by atoms with Gasteiger partial charge < -0.3 is 4.74 Å². The average Bonchev–Trinajstić information content (AvgIpc) is 3.26. The Labute approximate surface area is 152 Å². The lowest BCUT2D eigenvalue weighted by Crippen LogP contribution is -2.19. The number of ether oxygens (including phenoxy) is 1. The number of nitriles is 1. The summed E-state index contributed by atoms with van der Waals surface area (Å²) in [6.07, 6.45) is 0. The highest BCUT2D eigenvalue weighted by atomic mass is 35.5. The predicted octanol–water partition coefficient (Wildman–Crippen LogP) is 3.74. The number of methoxy groups -OCH3 is 1. The molecule has 3 rings (SSSR count). The van der Waals surface area contributed by atoms with Crippen LogP contribution in [-0.2, 0) is 14.6 Å². The third-order valence-electron chi connectivity index (χ3n) is 4.74. The van der Waals surface area contributed by atoms with Gasteiger partial charge in [0.25, 0.3) is 0 Å². The Kier molecular flexibility index (Phi) is 4.63. The Morgan fingerprint density at radius 1 is 1.24 bits per heavy atom. The zero-order valence-corrected chi connectivity index (χ0v) is 15.5. The van der Waals surface area contributed by atoms with Gasteiger partial charge in [-0.3, -0.25) is 0 Å². The van der Waals surface area contributed by atoms with Crippen molar-refractivity contribution in [3.05, 3.63) is 64.7 Å². The van der Waals surface area contributed by atoms with Crippen molar-refractivity contribution in [1.29, 1.82) is 5.26 Å². The van der Waals surface area contributed by atoms with Crippen molar-refractivity contribution < 1.29 is 13.2 Å². The molecule has 0 saturated heterocycles. The normalized spacial score (nSPS) is 25.4. The first-order valence-corrected chi connectivity index (χ1v) is 9.75. The number of sulfone groups is 1. The number of benzene rings is 2. The largest absolute Gasteiger partial charge is 0.383 e. The minimum Gasteiger partial charge on any atom is -0.383 e. The van der Waals surface area contributed by atoms with E-state index >= 15 is 0 Å². The maximum absolute atomic E-state index is 13.2. The molecule has 0 bridgehead atoms. The standard InChI is InChI=1S/C19H18ClNO3S/c1-13-6-8-16(9-7-13)25(22,23)18-17(19(18,11-21)12-24-2)14-4-3-5-15(20)10-14/h3-10,17-18H,12H2,1-2H3/t17-,18+,19-/m1/s1. The SMILES string of the molecule is COC[C@]1(C#N)[C@H](c2cccc(Cl)c2)[C@@H]1S(=O)(=O)c1ccc(C)cc1. The molecule has 1 aliphatic rings. The lowest BCUT2D eigenvalue weighted by Gasteiger charge is -2.08. The second kappa shape index (κ2) is 6.45. The lowest BCUT2D eigenvalue weighted by atomic mass is 10.0. The fourth-order valence-electron chi connectivity index (χ4n) is 3.48. The molecule has 2 aromatic carbocycles. The summed E-state index contributed by atoms with van der Waals surface area (Å²) in [7, 11) is -2.21. The summed E-state index contributed by atoms with van der Waals surface area (Å²) in [4.78, 5) is 0.225. The van der Waals surface area contributed by atoms with E-state index in [1.54, 1.807) is 42.5 Å². The van der Waals surface area contributed by atoms with Crippen molar-refractivity contribution in [1.82, 2.24) is 0 Å². The Hall–Kier alpha value is -1.87. The van der Waals surface area contributed by atoms with Gasteiger partial charge in [0.2, 0.25) is 0 Å². The third kappa shape index (κ3) is 2.95. The molecule has 0 aromatic heterocycles. The van der Waals surface area contributed by atoms with Crippen molar-refractivity contribution in [2.45, 2.75) is 23.0 Å². The summed E-state index contributed by atoms with van der Waals surface area (Å²) in [5.74, 6) is -0.470. The quantitative estimate of drug-likeness (QED) is 0.798. The molecular weight excluding hydrogens is 358 g/mol. The predicted molar refractivity (Wildman–Crippen MR) is 96.3 cm³/mol. The van der Waals surface area contributed by atoms with Crippen LogP contribution in [0.25, 0.3) is 0 Å². The topological polar surface area (TPSA) is 67.2 Å². The van der Waals surface area contributed by atoms with Gasteiger partial charge in [0, 0.05) is 18.1 Å². The van der Waals surface area contributed by atoms with Gasteiger partial charge in [-0.15, -0.1) is 0 Å². The van der Waals surface area contributed by atoms with Crippen LogP contribution in [0.4, 0.5) is 0 Å². The minimum atomic E-state index is -3.68. The highest BCUT2D eigenvalue weighted by molar-refractivity contribution is 7.92. The Bertz CT molecular complexity index is 934. The molecule has 2 aromatic rings. The molecule has 3 atom stereocenters. The van der Waals surface area contributed by atoms with E-state index in [1.165, 1.54) is 7.11 Å². The molecule has 0 radical (unpaired) electrons. The van der Waals surface area contributed by atoms with Crippen LogP contribution < -0.4 is 0 Å². The van der Waals surface area contributed by atoms with Crippen LogP contribution in [0, 0.1) is 23.7 Å². The van der Waals surface area contributed by atoms with Crippen LogP contribution in [0.15, 0.2) is 53.4 Å². The van der Waals surface area contributed by atoms with Gasteiger partial charge in [0.05, 0.1) is 22.8 Å². The molecule has 0 unspecified atom stereocenters. The molecule has 0 aliphatic heterocycles. The molecule has 4 nitrogen and oxygen atoms in total. The second-order valence-corrected chi connectivity index (χ2v) is 8.90. The van der Waals surface area contributed by atoms with Gasteiger partial charge in [-0.1, -0.05) is 41.4 Å². The molecule has 1 saturated carbocycles. The van der Waals surface area contributed by atoms with Crippen LogP contribution in [0.3, 0.4) is 0 Å². The zero-order valence-electron chi connectivity index (χ0n) is 13.9. The van der Waals surface area contributed by atoms with Crippen molar-refractivity contribution in [2.75, 3.05) is 13.7 Å². The van der Waals surface area contributed by atoms with Gasteiger partial charge >= 0.3 is 0 Å². The molecule has 0 N–H and O–H groups in total. The van der Waals surface area contributed by atoms with Crippen LogP contribution >= 0.6 is 11.6 Å². The van der Waals surface area contributed by atoms with E-state index in [2.05, 4.69) is 6.07 Å². The number of rotatable bonds is 5. The molecule has 130 valence electrons. The Balaban J connectivity index is 2.09. The van der Waals surface area contributed by atoms with Gasteiger partial charge in [-0.05, 0) is 36.8 Å². The van der Waals surface area contributed by atoms with E-state index in [0.29, 0.717) is 5.02 Å². The van der Waals surface area contributed by atoms with Crippen molar-refractivity contribution in [2.24, 2.45) is 5.41 Å². The average molecular weight is 376 g/mol. The van der Waals surface area contributed by atoms with E-state index in [9.17, 15) is 13.7 Å². The minimum absolute atomic E-state index is 0.0520. The number of aryl methyl sites for hydroxylation is 1. The van der Waals surface area contributed by atoms with E-state index in [1.807, 2.05) is 13.0 Å². The summed E-state index contributed by atoms with van der Waals surface area (Å²) in [6, 6.07) is 15.9. The first-order valence-electron chi connectivity index (χ1n) is 7.83. The second-order valence-electron chi connectivity index (χ2n) is 6.40. The third-order valence-corrected chi connectivity index (χ3v) is 7.26. The van der Waals surface area contributed by atoms with Crippen molar-refractivity contribution >= 4 is 21.4 Å². The fraction of sp³-hybridized carbons (Fsp3) is 0.316. The van der Waals surface area contributed by atoms with Crippen LogP contribution in [0.2, 0.25) is 5.02 Å². The molecule has 1 aliphatic carbocycles. The van der Waals surface area contributed by atoms with E-state index in [0.717, 1.165) is 11.1 Å².